The molecule has 0 aromatic heterocycles. The minimum atomic E-state index is -1.00. The summed E-state index contributed by atoms with van der Waals surface area (Å²) < 4.78 is 0. The molecular weight excluding hydrogens is 480 g/mol. The molecule has 1 atom stereocenters. The third-order valence-electron chi connectivity index (χ3n) is 7.82. The van der Waals surface area contributed by atoms with Crippen molar-refractivity contribution in [2.75, 3.05) is 25.6 Å². The van der Waals surface area contributed by atoms with E-state index in [0.29, 0.717) is 17.7 Å². The van der Waals surface area contributed by atoms with Gasteiger partial charge in [0.2, 0.25) is 0 Å². The van der Waals surface area contributed by atoms with Gasteiger partial charge in [0.05, 0.1) is 0 Å². The first kappa shape index (κ1) is 29.2. The van der Waals surface area contributed by atoms with Crippen LogP contribution >= 0.6 is 11.8 Å². The monoisotopic (exact) mass is 524 g/mol. The van der Waals surface area contributed by atoms with Gasteiger partial charge >= 0.3 is 5.97 Å². The van der Waals surface area contributed by atoms with E-state index in [-0.39, 0.29) is 11.3 Å². The highest BCUT2D eigenvalue weighted by Gasteiger charge is 2.31. The Hall–Kier alpha value is -2.31. The molecule has 2 N–H and O–H groups in total. The molecule has 1 fully saturated rings. The molecule has 0 spiro atoms. The molecule has 1 unspecified atom stereocenters. The second-order valence-corrected chi connectivity index (χ2v) is 12.3. The Labute approximate surface area is 227 Å². The number of carbonyl (C=O) groups is 2. The number of thioether (sulfide) groups is 1. The van der Waals surface area contributed by atoms with Crippen molar-refractivity contribution in [3.63, 3.8) is 0 Å². The Morgan fingerprint density at radius 1 is 1.11 bits per heavy atom. The van der Waals surface area contributed by atoms with Gasteiger partial charge in [-0.2, -0.15) is 11.8 Å². The van der Waals surface area contributed by atoms with Crippen LogP contribution in [0.1, 0.15) is 73.9 Å². The van der Waals surface area contributed by atoms with Crippen LogP contribution in [-0.4, -0.2) is 53.5 Å². The van der Waals surface area contributed by atoms with Gasteiger partial charge in [0, 0.05) is 18.7 Å². The third kappa shape index (κ3) is 8.08. The van der Waals surface area contributed by atoms with Crippen molar-refractivity contribution in [3.05, 3.63) is 59.2 Å². The van der Waals surface area contributed by atoms with Crippen LogP contribution < -0.4 is 5.32 Å². The van der Waals surface area contributed by atoms with E-state index in [4.69, 9.17) is 0 Å². The summed E-state index contributed by atoms with van der Waals surface area (Å²) in [5.41, 5.74) is 4.85. The van der Waals surface area contributed by atoms with Crippen LogP contribution in [0.15, 0.2) is 42.5 Å². The van der Waals surface area contributed by atoms with E-state index in [2.05, 4.69) is 37.2 Å². The topological polar surface area (TPSA) is 69.6 Å². The van der Waals surface area contributed by atoms with Gasteiger partial charge in [0.25, 0.3) is 5.91 Å². The van der Waals surface area contributed by atoms with Gasteiger partial charge < -0.3 is 15.3 Å². The largest absolute Gasteiger partial charge is 0.480 e. The average molecular weight is 525 g/mol. The molecule has 1 aliphatic rings. The number of carboxylic acid groups (broad SMARTS) is 1. The van der Waals surface area contributed by atoms with Gasteiger partial charge in [-0.05, 0) is 91.0 Å². The lowest BCUT2D eigenvalue weighted by molar-refractivity contribution is -0.139. The zero-order valence-electron chi connectivity index (χ0n) is 23.2. The normalized spacial score (nSPS) is 15.5. The van der Waals surface area contributed by atoms with E-state index >= 15 is 0 Å². The number of nitrogens with zero attached hydrogens (tertiary/aromatic N) is 1. The van der Waals surface area contributed by atoms with E-state index in [1.807, 2.05) is 49.6 Å². The first-order valence-corrected chi connectivity index (χ1v) is 14.9. The quantitative estimate of drug-likeness (QED) is 0.326. The smallest absolute Gasteiger partial charge is 0.326 e. The molecule has 1 saturated carbocycles. The number of hydrogen-bond donors (Lipinski definition) is 2. The number of hydrogen-bond acceptors (Lipinski definition) is 4. The molecule has 2 aromatic carbocycles. The molecule has 0 heterocycles. The van der Waals surface area contributed by atoms with Crippen molar-refractivity contribution >= 4 is 23.6 Å². The minimum Gasteiger partial charge on any atom is -0.480 e. The number of carbonyl (C=O) groups excluding carboxylic acids is 1. The Bertz CT molecular complexity index is 1060. The molecule has 0 aliphatic heterocycles. The predicted molar refractivity (Wildman–Crippen MR) is 155 cm³/mol. The van der Waals surface area contributed by atoms with Gasteiger partial charge in [0.1, 0.15) is 6.04 Å². The molecule has 37 heavy (non-hydrogen) atoms. The summed E-state index contributed by atoms with van der Waals surface area (Å²) in [6.07, 6.45) is 9.05. The van der Waals surface area contributed by atoms with Gasteiger partial charge in [-0.1, -0.05) is 63.4 Å². The van der Waals surface area contributed by atoms with Crippen molar-refractivity contribution in [1.29, 1.82) is 0 Å². The zero-order chi connectivity index (χ0) is 27.0. The second kappa shape index (κ2) is 13.5. The SMILES string of the molecule is CSCCC(NC(=O)c1ccc(CN(C)CC(C)(C)C2CCCCC2)cc1-c1ccccc1C)C(=O)O. The van der Waals surface area contributed by atoms with E-state index in [1.165, 1.54) is 32.1 Å². The van der Waals surface area contributed by atoms with Gasteiger partial charge in [0.15, 0.2) is 0 Å². The number of carboxylic acids is 1. The maximum absolute atomic E-state index is 13.3. The van der Waals surface area contributed by atoms with Gasteiger partial charge in [-0.3, -0.25) is 4.79 Å². The van der Waals surface area contributed by atoms with E-state index in [0.717, 1.165) is 41.3 Å². The molecule has 0 bridgehead atoms. The minimum absolute atomic E-state index is 0.260. The highest BCUT2D eigenvalue weighted by molar-refractivity contribution is 7.98. The number of benzene rings is 2. The van der Waals surface area contributed by atoms with Crippen LogP contribution in [-0.2, 0) is 11.3 Å². The summed E-state index contributed by atoms with van der Waals surface area (Å²) in [5, 5.41) is 12.4. The standard InChI is InChI=1S/C31H44N2O3S/c1-22-11-9-10-14-25(22)27-19-23(20-33(4)21-31(2,3)24-12-7-6-8-13-24)15-16-26(27)29(34)32-28(30(35)36)17-18-37-5/h9-11,14-16,19,24,28H,6-8,12-13,17-18,20-21H2,1-5H3,(H,32,34)(H,35,36). The zero-order valence-corrected chi connectivity index (χ0v) is 24.0. The maximum atomic E-state index is 13.3. The van der Waals surface area contributed by atoms with E-state index in [1.54, 1.807) is 11.8 Å². The van der Waals surface area contributed by atoms with Gasteiger partial charge in [-0.15, -0.1) is 0 Å². The molecule has 0 saturated heterocycles. The fourth-order valence-corrected chi connectivity index (χ4v) is 6.26. The lowest BCUT2D eigenvalue weighted by Gasteiger charge is -2.39. The van der Waals surface area contributed by atoms with Crippen LogP contribution in [0.2, 0.25) is 0 Å². The lowest BCUT2D eigenvalue weighted by Crippen LogP contribution is -2.41. The Morgan fingerprint density at radius 2 is 1.81 bits per heavy atom. The van der Waals surface area contributed by atoms with Crippen LogP contribution in [0, 0.1) is 18.3 Å². The summed E-state index contributed by atoms with van der Waals surface area (Å²) in [4.78, 5) is 27.5. The summed E-state index contributed by atoms with van der Waals surface area (Å²) >= 11 is 1.57. The van der Waals surface area contributed by atoms with Crippen LogP contribution in [0.3, 0.4) is 0 Å². The Morgan fingerprint density at radius 3 is 2.46 bits per heavy atom. The van der Waals surface area contributed by atoms with Crippen molar-refractivity contribution in [1.82, 2.24) is 10.2 Å². The first-order chi connectivity index (χ1) is 17.6. The van der Waals surface area contributed by atoms with Crippen LogP contribution in [0.5, 0.6) is 0 Å². The molecular formula is C31H44N2O3S. The first-order valence-electron chi connectivity index (χ1n) is 13.5. The Balaban J connectivity index is 1.85. The summed E-state index contributed by atoms with van der Waals surface area (Å²) in [5.74, 6) is 0.0963. The van der Waals surface area contributed by atoms with E-state index < -0.39 is 12.0 Å². The van der Waals surface area contributed by atoms with Gasteiger partial charge in [-0.25, -0.2) is 4.79 Å². The molecule has 202 valence electrons. The molecule has 6 heteroatoms. The van der Waals surface area contributed by atoms with Crippen molar-refractivity contribution in [3.8, 4) is 11.1 Å². The molecule has 1 amide bonds. The highest BCUT2D eigenvalue weighted by Crippen LogP contribution is 2.39. The van der Waals surface area contributed by atoms with Crippen LogP contribution in [0.4, 0.5) is 0 Å². The number of nitrogens with one attached hydrogen (secondary N) is 1. The third-order valence-corrected chi connectivity index (χ3v) is 8.46. The average Bonchev–Trinajstić information content (AvgIpc) is 2.86. The van der Waals surface area contributed by atoms with E-state index in [9.17, 15) is 14.7 Å². The number of aryl methyl sites for hydroxylation is 1. The highest BCUT2D eigenvalue weighted by atomic mass is 32.2. The predicted octanol–water partition coefficient (Wildman–Crippen LogP) is 6.64. The number of rotatable bonds is 12. The fraction of sp³-hybridized carbons (Fsp3) is 0.548. The Kier molecular flexibility index (Phi) is 10.7. The van der Waals surface area contributed by atoms with Crippen molar-refractivity contribution in [2.45, 2.75) is 71.9 Å². The van der Waals surface area contributed by atoms with Crippen LogP contribution in [0.25, 0.3) is 11.1 Å². The fourth-order valence-electron chi connectivity index (χ4n) is 5.79. The molecule has 1 aliphatic carbocycles. The molecule has 5 nitrogen and oxygen atoms in total. The maximum Gasteiger partial charge on any atom is 0.326 e. The molecule has 2 aromatic rings. The van der Waals surface area contributed by atoms with Crippen molar-refractivity contribution in [2.24, 2.45) is 11.3 Å². The van der Waals surface area contributed by atoms with Crippen molar-refractivity contribution < 1.29 is 14.7 Å². The molecule has 0 radical (unpaired) electrons. The number of aliphatic carboxylic acids is 1. The number of amides is 1. The summed E-state index contributed by atoms with van der Waals surface area (Å²) in [6, 6.07) is 13.1. The second-order valence-electron chi connectivity index (χ2n) is 11.3. The summed E-state index contributed by atoms with van der Waals surface area (Å²) in [7, 11) is 2.18. The molecule has 3 rings (SSSR count). The summed E-state index contributed by atoms with van der Waals surface area (Å²) in [6.45, 7) is 8.67. The lowest BCUT2D eigenvalue weighted by atomic mass is 9.71.